The molecule has 0 amide bonds. The van der Waals surface area contributed by atoms with E-state index < -0.39 is 0 Å². The first kappa shape index (κ1) is 10.5. The second-order valence-electron chi connectivity index (χ2n) is 3.36. The highest BCUT2D eigenvalue weighted by Crippen LogP contribution is 2.02. The molecule has 7 nitrogen and oxygen atoms in total. The van der Waals surface area contributed by atoms with Crippen LogP contribution in [0.2, 0.25) is 0 Å². The summed E-state index contributed by atoms with van der Waals surface area (Å²) < 4.78 is 2.40. The van der Waals surface area contributed by atoms with E-state index >= 15 is 0 Å². The predicted octanol–water partition coefficient (Wildman–Crippen LogP) is 0.647. The Kier molecular flexibility index (Phi) is 2.76. The largest absolute Gasteiger partial charge is 0.372 e. The molecule has 7 heteroatoms. The van der Waals surface area contributed by atoms with Crippen LogP contribution in [-0.4, -0.2) is 35.6 Å². The van der Waals surface area contributed by atoms with E-state index in [2.05, 4.69) is 20.2 Å². The first-order valence-electron chi connectivity index (χ1n) is 5.04. The van der Waals surface area contributed by atoms with Gasteiger partial charge in [0.25, 0.3) is 0 Å². The van der Waals surface area contributed by atoms with E-state index in [0.29, 0.717) is 18.1 Å². The highest BCUT2D eigenvalue weighted by molar-refractivity contribution is 5.77. The summed E-state index contributed by atoms with van der Waals surface area (Å²) in [6, 6.07) is -0.360. The van der Waals surface area contributed by atoms with Crippen LogP contribution in [0, 0.1) is 6.92 Å². The Balaban J connectivity index is 2.36. The molecular weight excluding hydrogens is 208 g/mol. The normalized spacial score (nSPS) is 10.6. The molecule has 0 unspecified atom stereocenters. The standard InChI is InChI=1S/C9H12N6O/c1-3-4-8-12-7(2)13-15(8)9(16)14-6-10-5-11-14/h5-6H,3-4H2,1-2H3. The Bertz CT molecular complexity index is 486. The Morgan fingerprint density at radius 1 is 1.50 bits per heavy atom. The van der Waals surface area contributed by atoms with Gasteiger partial charge in [0.1, 0.15) is 24.3 Å². The fourth-order valence-corrected chi connectivity index (χ4v) is 1.40. The number of hydrogen-bond acceptors (Lipinski definition) is 5. The van der Waals surface area contributed by atoms with Crippen molar-refractivity contribution in [3.8, 4) is 0 Å². The van der Waals surface area contributed by atoms with E-state index in [-0.39, 0.29) is 6.03 Å². The molecule has 0 fully saturated rings. The van der Waals surface area contributed by atoms with Crippen LogP contribution in [0.3, 0.4) is 0 Å². The van der Waals surface area contributed by atoms with Crippen LogP contribution in [0.25, 0.3) is 0 Å². The zero-order chi connectivity index (χ0) is 11.5. The van der Waals surface area contributed by atoms with Crippen LogP contribution in [0.1, 0.15) is 25.0 Å². The van der Waals surface area contributed by atoms with Crippen molar-refractivity contribution in [2.45, 2.75) is 26.7 Å². The summed E-state index contributed by atoms with van der Waals surface area (Å²) in [7, 11) is 0. The van der Waals surface area contributed by atoms with Gasteiger partial charge in [-0.2, -0.15) is 14.5 Å². The third-order valence-electron chi connectivity index (χ3n) is 2.05. The van der Waals surface area contributed by atoms with Gasteiger partial charge in [-0.3, -0.25) is 0 Å². The van der Waals surface area contributed by atoms with Gasteiger partial charge in [-0.05, 0) is 13.3 Å². The number of hydrogen-bond donors (Lipinski definition) is 0. The van der Waals surface area contributed by atoms with E-state index in [1.807, 2.05) is 6.92 Å². The number of rotatable bonds is 2. The molecular formula is C9H12N6O. The molecule has 0 atom stereocenters. The number of aromatic nitrogens is 6. The highest BCUT2D eigenvalue weighted by Gasteiger charge is 2.15. The van der Waals surface area contributed by atoms with E-state index in [1.54, 1.807) is 6.92 Å². The lowest BCUT2D eigenvalue weighted by atomic mass is 10.3. The van der Waals surface area contributed by atoms with E-state index in [0.717, 1.165) is 11.1 Å². The Morgan fingerprint density at radius 3 is 2.94 bits per heavy atom. The lowest BCUT2D eigenvalue weighted by Crippen LogP contribution is -2.23. The van der Waals surface area contributed by atoms with Crippen LogP contribution in [0.4, 0.5) is 4.79 Å². The van der Waals surface area contributed by atoms with Crippen LogP contribution in [0.5, 0.6) is 0 Å². The lowest BCUT2D eigenvalue weighted by Gasteiger charge is -2.01. The van der Waals surface area contributed by atoms with Gasteiger partial charge in [0.05, 0.1) is 0 Å². The average molecular weight is 220 g/mol. The Labute approximate surface area is 92.1 Å². The molecule has 2 heterocycles. The maximum atomic E-state index is 11.9. The molecule has 0 aliphatic carbocycles. The van der Waals surface area contributed by atoms with Gasteiger partial charge in [-0.1, -0.05) is 6.92 Å². The minimum atomic E-state index is -0.360. The van der Waals surface area contributed by atoms with Gasteiger partial charge in [0.15, 0.2) is 0 Å². The van der Waals surface area contributed by atoms with E-state index in [9.17, 15) is 4.79 Å². The molecule has 0 radical (unpaired) electrons. The summed E-state index contributed by atoms with van der Waals surface area (Å²) in [6.45, 7) is 3.78. The second kappa shape index (κ2) is 4.21. The summed E-state index contributed by atoms with van der Waals surface area (Å²) in [5.41, 5.74) is 0. The fraction of sp³-hybridized carbons (Fsp3) is 0.444. The summed E-state index contributed by atoms with van der Waals surface area (Å²) in [4.78, 5) is 19.9. The van der Waals surface area contributed by atoms with Crippen molar-refractivity contribution in [2.75, 3.05) is 0 Å². The van der Waals surface area contributed by atoms with Crippen molar-refractivity contribution in [2.24, 2.45) is 0 Å². The molecule has 0 N–H and O–H groups in total. The number of nitrogens with zero attached hydrogens (tertiary/aromatic N) is 6. The van der Waals surface area contributed by atoms with Crippen LogP contribution in [0.15, 0.2) is 12.7 Å². The number of carbonyl (C=O) groups is 1. The van der Waals surface area contributed by atoms with Crippen molar-refractivity contribution in [1.82, 2.24) is 29.5 Å². The predicted molar refractivity (Wildman–Crippen MR) is 55.0 cm³/mol. The third-order valence-corrected chi connectivity index (χ3v) is 2.05. The maximum absolute atomic E-state index is 11.9. The van der Waals surface area contributed by atoms with Gasteiger partial charge in [-0.15, -0.1) is 5.10 Å². The van der Waals surface area contributed by atoms with Crippen LogP contribution >= 0.6 is 0 Å². The van der Waals surface area contributed by atoms with Crippen molar-refractivity contribution in [3.05, 3.63) is 24.3 Å². The number of aryl methyl sites for hydroxylation is 2. The maximum Gasteiger partial charge on any atom is 0.372 e. The van der Waals surface area contributed by atoms with Gasteiger partial charge >= 0.3 is 6.03 Å². The lowest BCUT2D eigenvalue weighted by molar-refractivity contribution is 0.237. The smallest absolute Gasteiger partial charge is 0.243 e. The molecule has 0 bridgehead atoms. The molecule has 0 aromatic carbocycles. The first-order chi connectivity index (χ1) is 7.72. The molecule has 0 saturated carbocycles. The molecule has 16 heavy (non-hydrogen) atoms. The van der Waals surface area contributed by atoms with E-state index in [4.69, 9.17) is 0 Å². The SMILES string of the molecule is CCCc1nc(C)nn1C(=O)n1cncn1. The van der Waals surface area contributed by atoms with Crippen molar-refractivity contribution < 1.29 is 4.79 Å². The van der Waals surface area contributed by atoms with Gasteiger partial charge in [0.2, 0.25) is 0 Å². The van der Waals surface area contributed by atoms with Crippen molar-refractivity contribution in [1.29, 1.82) is 0 Å². The Morgan fingerprint density at radius 2 is 2.31 bits per heavy atom. The fourth-order valence-electron chi connectivity index (χ4n) is 1.40. The molecule has 84 valence electrons. The second-order valence-corrected chi connectivity index (χ2v) is 3.36. The molecule has 2 aromatic heterocycles. The van der Waals surface area contributed by atoms with Gasteiger partial charge in [0, 0.05) is 6.42 Å². The summed E-state index contributed by atoms with van der Waals surface area (Å²) >= 11 is 0. The summed E-state index contributed by atoms with van der Waals surface area (Å²) in [5.74, 6) is 1.23. The minimum Gasteiger partial charge on any atom is -0.243 e. The zero-order valence-corrected chi connectivity index (χ0v) is 9.16. The highest BCUT2D eigenvalue weighted by atomic mass is 16.2. The van der Waals surface area contributed by atoms with E-state index in [1.165, 1.54) is 17.3 Å². The molecule has 0 aliphatic heterocycles. The van der Waals surface area contributed by atoms with Gasteiger partial charge in [-0.25, -0.2) is 14.8 Å². The molecule has 0 saturated heterocycles. The minimum absolute atomic E-state index is 0.360. The molecule has 2 aromatic rings. The van der Waals surface area contributed by atoms with Crippen molar-refractivity contribution in [3.63, 3.8) is 0 Å². The van der Waals surface area contributed by atoms with Crippen molar-refractivity contribution >= 4 is 6.03 Å². The average Bonchev–Trinajstić information content (AvgIpc) is 2.87. The summed E-state index contributed by atoms with van der Waals surface area (Å²) in [6.07, 6.45) is 4.26. The summed E-state index contributed by atoms with van der Waals surface area (Å²) in [5, 5.41) is 7.82. The quantitative estimate of drug-likeness (QED) is 0.742. The Hall–Kier alpha value is -2.05. The molecule has 2 rings (SSSR count). The monoisotopic (exact) mass is 220 g/mol. The topological polar surface area (TPSA) is 78.5 Å². The zero-order valence-electron chi connectivity index (χ0n) is 9.16. The molecule has 0 spiro atoms. The van der Waals surface area contributed by atoms with Crippen LogP contribution < -0.4 is 0 Å². The number of carbonyl (C=O) groups excluding carboxylic acids is 1. The first-order valence-corrected chi connectivity index (χ1v) is 5.04. The third kappa shape index (κ3) is 1.83. The molecule has 0 aliphatic rings. The van der Waals surface area contributed by atoms with Crippen LogP contribution in [-0.2, 0) is 6.42 Å². The van der Waals surface area contributed by atoms with Gasteiger partial charge < -0.3 is 0 Å².